The normalized spacial score (nSPS) is 19.0. The summed E-state index contributed by atoms with van der Waals surface area (Å²) in [6.07, 6.45) is 2.41. The molecule has 0 unspecified atom stereocenters. The summed E-state index contributed by atoms with van der Waals surface area (Å²) in [7, 11) is 2.08. The van der Waals surface area contributed by atoms with Gasteiger partial charge in [-0.2, -0.15) is 0 Å². The maximum Gasteiger partial charge on any atom is 0.123 e. The number of halogens is 1. The van der Waals surface area contributed by atoms with Gasteiger partial charge in [-0.25, -0.2) is 4.39 Å². The highest BCUT2D eigenvalue weighted by Gasteiger charge is 2.28. The standard InChI is InChI=1S/C14H21FN2/c1-14(7-9-16-10-8-14)11-17(2)13-5-3-12(15)4-6-13/h3-6,16H,7-11H2,1-2H3. The first kappa shape index (κ1) is 12.4. The van der Waals surface area contributed by atoms with E-state index >= 15 is 0 Å². The third kappa shape index (κ3) is 3.19. The minimum absolute atomic E-state index is 0.171. The van der Waals surface area contributed by atoms with Gasteiger partial charge in [0.2, 0.25) is 0 Å². The van der Waals surface area contributed by atoms with Crippen molar-refractivity contribution in [2.75, 3.05) is 31.6 Å². The zero-order valence-corrected chi connectivity index (χ0v) is 10.7. The summed E-state index contributed by atoms with van der Waals surface area (Å²) in [4.78, 5) is 2.23. The molecule has 0 amide bonds. The number of nitrogens with zero attached hydrogens (tertiary/aromatic N) is 1. The van der Waals surface area contributed by atoms with Crippen molar-refractivity contribution < 1.29 is 4.39 Å². The SMILES string of the molecule is CN(CC1(C)CCNCC1)c1ccc(F)cc1. The topological polar surface area (TPSA) is 15.3 Å². The molecule has 2 nitrogen and oxygen atoms in total. The molecule has 0 aliphatic carbocycles. The van der Waals surface area contributed by atoms with E-state index in [0.29, 0.717) is 5.41 Å². The van der Waals surface area contributed by atoms with E-state index in [1.165, 1.54) is 25.0 Å². The molecule has 0 aromatic heterocycles. The number of rotatable bonds is 3. The van der Waals surface area contributed by atoms with Crippen LogP contribution in [-0.4, -0.2) is 26.7 Å². The first-order valence-electron chi connectivity index (χ1n) is 6.27. The third-order valence-electron chi connectivity index (χ3n) is 3.70. The van der Waals surface area contributed by atoms with Crippen molar-refractivity contribution in [3.05, 3.63) is 30.1 Å². The molecule has 1 heterocycles. The fourth-order valence-electron chi connectivity index (χ4n) is 2.55. The van der Waals surface area contributed by atoms with Crippen LogP contribution in [0, 0.1) is 11.2 Å². The predicted molar refractivity (Wildman–Crippen MR) is 69.9 cm³/mol. The van der Waals surface area contributed by atoms with E-state index in [1.54, 1.807) is 0 Å². The molecule has 1 fully saturated rings. The van der Waals surface area contributed by atoms with E-state index in [0.717, 1.165) is 25.3 Å². The van der Waals surface area contributed by atoms with Crippen molar-refractivity contribution in [2.45, 2.75) is 19.8 Å². The van der Waals surface area contributed by atoms with Gasteiger partial charge in [-0.3, -0.25) is 0 Å². The number of anilines is 1. The van der Waals surface area contributed by atoms with Gasteiger partial charge in [-0.05, 0) is 55.6 Å². The van der Waals surface area contributed by atoms with Gasteiger partial charge in [0.15, 0.2) is 0 Å². The second-order valence-electron chi connectivity index (χ2n) is 5.39. The van der Waals surface area contributed by atoms with Gasteiger partial charge in [0.05, 0.1) is 0 Å². The summed E-state index contributed by atoms with van der Waals surface area (Å²) in [6.45, 7) is 5.58. The lowest BCUT2D eigenvalue weighted by atomic mass is 9.80. The lowest BCUT2D eigenvalue weighted by molar-refractivity contribution is 0.237. The largest absolute Gasteiger partial charge is 0.374 e. The lowest BCUT2D eigenvalue weighted by Crippen LogP contribution is -2.42. The molecule has 0 radical (unpaired) electrons. The van der Waals surface area contributed by atoms with Crippen LogP contribution in [0.5, 0.6) is 0 Å². The molecule has 1 aliphatic rings. The Morgan fingerprint density at radius 2 is 1.82 bits per heavy atom. The monoisotopic (exact) mass is 236 g/mol. The van der Waals surface area contributed by atoms with Crippen molar-refractivity contribution in [1.82, 2.24) is 5.32 Å². The Hall–Kier alpha value is -1.09. The van der Waals surface area contributed by atoms with Crippen LogP contribution < -0.4 is 10.2 Å². The van der Waals surface area contributed by atoms with Crippen molar-refractivity contribution in [3.8, 4) is 0 Å². The van der Waals surface area contributed by atoms with Crippen molar-refractivity contribution in [2.24, 2.45) is 5.41 Å². The second kappa shape index (κ2) is 5.05. The highest BCUT2D eigenvalue weighted by molar-refractivity contribution is 5.45. The van der Waals surface area contributed by atoms with E-state index in [-0.39, 0.29) is 5.82 Å². The van der Waals surface area contributed by atoms with E-state index in [2.05, 4.69) is 24.2 Å². The Bertz CT molecular complexity index is 355. The van der Waals surface area contributed by atoms with Gasteiger partial charge in [-0.15, -0.1) is 0 Å². The zero-order chi connectivity index (χ0) is 12.3. The van der Waals surface area contributed by atoms with Crippen LogP contribution in [0.2, 0.25) is 0 Å². The Morgan fingerprint density at radius 3 is 2.41 bits per heavy atom. The molecule has 0 spiro atoms. The molecule has 2 rings (SSSR count). The minimum atomic E-state index is -0.171. The Balaban J connectivity index is 2.00. The molecule has 17 heavy (non-hydrogen) atoms. The first-order chi connectivity index (χ1) is 8.09. The smallest absolute Gasteiger partial charge is 0.123 e. The van der Waals surface area contributed by atoms with Gasteiger partial charge >= 0.3 is 0 Å². The molecule has 1 saturated heterocycles. The van der Waals surface area contributed by atoms with Crippen LogP contribution in [0.4, 0.5) is 10.1 Å². The molecule has 94 valence electrons. The molecule has 1 aromatic rings. The fourth-order valence-corrected chi connectivity index (χ4v) is 2.55. The maximum atomic E-state index is 12.9. The van der Waals surface area contributed by atoms with Crippen molar-refractivity contribution in [1.29, 1.82) is 0 Å². The average Bonchev–Trinajstić information content (AvgIpc) is 2.30. The van der Waals surface area contributed by atoms with Crippen molar-refractivity contribution >= 4 is 5.69 Å². The molecule has 0 atom stereocenters. The van der Waals surface area contributed by atoms with Crippen LogP contribution in [-0.2, 0) is 0 Å². The molecule has 1 N–H and O–H groups in total. The van der Waals surface area contributed by atoms with E-state index in [4.69, 9.17) is 0 Å². The van der Waals surface area contributed by atoms with Crippen LogP contribution in [0.25, 0.3) is 0 Å². The first-order valence-corrected chi connectivity index (χ1v) is 6.27. The maximum absolute atomic E-state index is 12.9. The molecular weight excluding hydrogens is 215 g/mol. The quantitative estimate of drug-likeness (QED) is 0.868. The van der Waals surface area contributed by atoms with Crippen LogP contribution >= 0.6 is 0 Å². The Morgan fingerprint density at radius 1 is 1.24 bits per heavy atom. The highest BCUT2D eigenvalue weighted by Crippen LogP contribution is 2.30. The molecule has 1 aliphatic heterocycles. The molecular formula is C14H21FN2. The Kier molecular flexibility index (Phi) is 3.67. The van der Waals surface area contributed by atoms with Gasteiger partial charge in [-0.1, -0.05) is 6.92 Å². The van der Waals surface area contributed by atoms with Crippen LogP contribution in [0.15, 0.2) is 24.3 Å². The van der Waals surface area contributed by atoms with Crippen LogP contribution in [0.3, 0.4) is 0 Å². The number of benzene rings is 1. The number of hydrogen-bond acceptors (Lipinski definition) is 2. The van der Waals surface area contributed by atoms with Gasteiger partial charge in [0, 0.05) is 19.3 Å². The highest BCUT2D eigenvalue weighted by atomic mass is 19.1. The number of nitrogens with one attached hydrogen (secondary N) is 1. The van der Waals surface area contributed by atoms with E-state index in [1.807, 2.05) is 12.1 Å². The molecule has 1 aromatic carbocycles. The van der Waals surface area contributed by atoms with Gasteiger partial charge in [0.25, 0.3) is 0 Å². The van der Waals surface area contributed by atoms with Gasteiger partial charge < -0.3 is 10.2 Å². The fraction of sp³-hybridized carbons (Fsp3) is 0.571. The van der Waals surface area contributed by atoms with E-state index < -0.39 is 0 Å². The van der Waals surface area contributed by atoms with E-state index in [9.17, 15) is 4.39 Å². The summed E-state index contributed by atoms with van der Waals surface area (Å²) in [5.41, 5.74) is 1.46. The summed E-state index contributed by atoms with van der Waals surface area (Å²) in [5, 5.41) is 3.39. The summed E-state index contributed by atoms with van der Waals surface area (Å²) in [5.74, 6) is -0.171. The summed E-state index contributed by atoms with van der Waals surface area (Å²) < 4.78 is 12.9. The zero-order valence-electron chi connectivity index (χ0n) is 10.7. The summed E-state index contributed by atoms with van der Waals surface area (Å²) >= 11 is 0. The third-order valence-corrected chi connectivity index (χ3v) is 3.70. The van der Waals surface area contributed by atoms with Crippen molar-refractivity contribution in [3.63, 3.8) is 0 Å². The Labute approximate surface area is 103 Å². The molecule has 0 bridgehead atoms. The molecule has 3 heteroatoms. The predicted octanol–water partition coefficient (Wildman–Crippen LogP) is 2.65. The lowest BCUT2D eigenvalue weighted by Gasteiger charge is -2.38. The summed E-state index contributed by atoms with van der Waals surface area (Å²) in [6, 6.07) is 6.74. The van der Waals surface area contributed by atoms with Gasteiger partial charge in [0.1, 0.15) is 5.82 Å². The minimum Gasteiger partial charge on any atom is -0.374 e. The van der Waals surface area contributed by atoms with Crippen LogP contribution in [0.1, 0.15) is 19.8 Å². The number of piperidine rings is 1. The second-order valence-corrected chi connectivity index (χ2v) is 5.39. The average molecular weight is 236 g/mol. The molecule has 0 saturated carbocycles. The number of hydrogen-bond donors (Lipinski definition) is 1.